The first-order valence-electron chi connectivity index (χ1n) is 7.83. The predicted molar refractivity (Wildman–Crippen MR) is 93.5 cm³/mol. The monoisotopic (exact) mass is 314 g/mol. The Bertz CT molecular complexity index is 350. The summed E-state index contributed by atoms with van der Waals surface area (Å²) in [6.07, 6.45) is 4.66. The molecule has 0 unspecified atom stereocenters. The number of aliphatic hydroxyl groups is 1. The zero-order valence-electron chi connectivity index (χ0n) is 14.7. The van der Waals surface area contributed by atoms with Gasteiger partial charge >= 0.3 is 0 Å². The van der Waals surface area contributed by atoms with Gasteiger partial charge in [0.15, 0.2) is 8.32 Å². The van der Waals surface area contributed by atoms with Crippen molar-refractivity contribution in [2.24, 2.45) is 11.8 Å². The van der Waals surface area contributed by atoms with Crippen LogP contribution < -0.4 is 0 Å². The summed E-state index contributed by atoms with van der Waals surface area (Å²) in [5.74, 6) is 0.761. The van der Waals surface area contributed by atoms with E-state index in [0.717, 1.165) is 6.61 Å². The Balaban J connectivity index is 2.69. The molecule has 118 valence electrons. The Labute approximate surface area is 127 Å². The van der Waals surface area contributed by atoms with Crippen LogP contribution in [0.5, 0.6) is 0 Å². The lowest BCUT2D eigenvalue weighted by atomic mass is 9.97. The van der Waals surface area contributed by atoms with Crippen LogP contribution >= 0.6 is 0 Å². The van der Waals surface area contributed by atoms with Crippen molar-refractivity contribution < 1.29 is 9.53 Å². The van der Waals surface area contributed by atoms with Crippen LogP contribution in [0.3, 0.4) is 0 Å². The molecule has 0 saturated heterocycles. The van der Waals surface area contributed by atoms with Gasteiger partial charge in [0.25, 0.3) is 0 Å². The smallest absolute Gasteiger partial charge is 0.192 e. The van der Waals surface area contributed by atoms with Gasteiger partial charge in [-0.05, 0) is 29.6 Å². The molecule has 1 rings (SSSR count). The number of rotatable bonds is 5. The summed E-state index contributed by atoms with van der Waals surface area (Å²) >= 11 is 0. The summed E-state index contributed by atoms with van der Waals surface area (Å²) in [5.41, 5.74) is 0.584. The van der Waals surface area contributed by atoms with Crippen molar-refractivity contribution in [2.45, 2.75) is 64.1 Å². The highest BCUT2D eigenvalue weighted by atomic mass is 28.4. The van der Waals surface area contributed by atoms with Crippen molar-refractivity contribution >= 4 is 16.4 Å². The van der Waals surface area contributed by atoms with E-state index in [9.17, 15) is 5.11 Å². The van der Waals surface area contributed by atoms with E-state index in [-0.39, 0.29) is 11.6 Å². The van der Waals surface area contributed by atoms with Gasteiger partial charge in [-0.1, -0.05) is 52.6 Å². The van der Waals surface area contributed by atoms with Gasteiger partial charge in [0.05, 0.1) is 8.07 Å². The van der Waals surface area contributed by atoms with Gasteiger partial charge in [0, 0.05) is 19.1 Å². The minimum absolute atomic E-state index is 0.252. The molecule has 2 nitrogen and oxygen atoms in total. The lowest BCUT2D eigenvalue weighted by Gasteiger charge is -2.38. The molecule has 0 heterocycles. The largest absolute Gasteiger partial charge is 0.416 e. The van der Waals surface area contributed by atoms with E-state index in [1.165, 1.54) is 0 Å². The van der Waals surface area contributed by atoms with Crippen LogP contribution in [0.1, 0.15) is 20.8 Å². The van der Waals surface area contributed by atoms with Gasteiger partial charge in [-0.2, -0.15) is 0 Å². The van der Waals surface area contributed by atoms with Crippen LogP contribution in [0.15, 0.2) is 12.2 Å². The van der Waals surface area contributed by atoms with Crippen LogP contribution in [0, 0.1) is 11.8 Å². The average Bonchev–Trinajstić information content (AvgIpc) is 2.67. The predicted octanol–water partition coefficient (Wildman–Crippen LogP) is 4.51. The fraction of sp³-hybridized carbons (Fsp3) is 0.875. The zero-order valence-corrected chi connectivity index (χ0v) is 16.7. The van der Waals surface area contributed by atoms with Crippen LogP contribution in [0.25, 0.3) is 0 Å². The Hall–Kier alpha value is 0.0938. The van der Waals surface area contributed by atoms with E-state index in [2.05, 4.69) is 65.7 Å². The Morgan fingerprint density at radius 1 is 1.05 bits per heavy atom. The SMILES string of the molecule is CC(C)(C)[Si](C)(C)OC[C@@H]1C=C[C@@H]([Si](C)(C)C)[C@@H]1CO. The topological polar surface area (TPSA) is 29.5 Å². The third-order valence-corrected chi connectivity index (χ3v) is 12.4. The molecule has 0 aromatic rings. The highest BCUT2D eigenvalue weighted by molar-refractivity contribution is 6.78. The molecule has 0 spiro atoms. The molecule has 0 amide bonds. The molecule has 0 bridgehead atoms. The molecule has 0 radical (unpaired) electrons. The van der Waals surface area contributed by atoms with Gasteiger partial charge in [0.2, 0.25) is 0 Å². The summed E-state index contributed by atoms with van der Waals surface area (Å²) in [5, 5.41) is 10.0. The fourth-order valence-electron chi connectivity index (χ4n) is 2.69. The van der Waals surface area contributed by atoms with Crippen LogP contribution in [-0.4, -0.2) is 34.7 Å². The summed E-state index contributed by atoms with van der Waals surface area (Å²) in [6, 6.07) is 0. The van der Waals surface area contributed by atoms with Crippen molar-refractivity contribution in [1.82, 2.24) is 0 Å². The Morgan fingerprint density at radius 3 is 2.00 bits per heavy atom. The van der Waals surface area contributed by atoms with Gasteiger partial charge in [-0.25, -0.2) is 0 Å². The molecular weight excluding hydrogens is 280 g/mol. The minimum Gasteiger partial charge on any atom is -0.416 e. The molecule has 0 fully saturated rings. The zero-order chi connectivity index (χ0) is 15.8. The van der Waals surface area contributed by atoms with E-state index >= 15 is 0 Å². The summed E-state index contributed by atoms with van der Waals surface area (Å²) in [4.78, 5) is 0. The average molecular weight is 315 g/mol. The molecular formula is C16H34O2Si2. The number of aliphatic hydroxyl groups excluding tert-OH is 1. The molecule has 0 aromatic carbocycles. The molecule has 4 heteroatoms. The lowest BCUT2D eigenvalue weighted by molar-refractivity contribution is 0.156. The second-order valence-electron chi connectivity index (χ2n) is 8.86. The van der Waals surface area contributed by atoms with Gasteiger partial charge in [-0.3, -0.25) is 0 Å². The number of hydrogen-bond acceptors (Lipinski definition) is 2. The Kier molecular flexibility index (Phi) is 5.51. The quantitative estimate of drug-likeness (QED) is 0.597. The molecule has 3 atom stereocenters. The Morgan fingerprint density at radius 2 is 1.60 bits per heavy atom. The third-order valence-electron chi connectivity index (χ3n) is 5.23. The van der Waals surface area contributed by atoms with Crippen molar-refractivity contribution in [3.8, 4) is 0 Å². The maximum Gasteiger partial charge on any atom is 0.192 e. The number of hydrogen-bond donors (Lipinski definition) is 1. The molecule has 1 aliphatic rings. The fourth-order valence-corrected chi connectivity index (χ4v) is 6.06. The van der Waals surface area contributed by atoms with Gasteiger partial charge in [-0.15, -0.1) is 0 Å². The van der Waals surface area contributed by atoms with Crippen molar-refractivity contribution in [3.05, 3.63) is 12.2 Å². The van der Waals surface area contributed by atoms with Crippen molar-refractivity contribution in [2.75, 3.05) is 13.2 Å². The highest BCUT2D eigenvalue weighted by Crippen LogP contribution is 2.43. The molecule has 0 saturated carbocycles. The van der Waals surface area contributed by atoms with Crippen LogP contribution in [-0.2, 0) is 4.43 Å². The molecule has 1 N–H and O–H groups in total. The van der Waals surface area contributed by atoms with Gasteiger partial charge < -0.3 is 9.53 Å². The highest BCUT2D eigenvalue weighted by Gasteiger charge is 2.42. The first-order valence-corrected chi connectivity index (χ1v) is 14.3. The summed E-state index contributed by atoms with van der Waals surface area (Å²) < 4.78 is 6.36. The third kappa shape index (κ3) is 4.06. The summed E-state index contributed by atoms with van der Waals surface area (Å²) in [6.45, 7) is 19.7. The molecule has 1 aliphatic carbocycles. The van der Waals surface area contributed by atoms with Crippen LogP contribution in [0.4, 0.5) is 0 Å². The normalized spacial score (nSPS) is 28.1. The standard InChI is InChI=1S/C16H34O2Si2/c1-16(2,3)20(7,8)18-12-13-9-10-15(14(13)11-17)19(4,5)6/h9-10,13-15,17H,11-12H2,1-8H3/t13-,14+,15+/m0/s1. The van der Waals surface area contributed by atoms with E-state index in [1.54, 1.807) is 0 Å². The maximum absolute atomic E-state index is 9.80. The van der Waals surface area contributed by atoms with E-state index in [4.69, 9.17) is 4.43 Å². The number of allylic oxidation sites excluding steroid dienone is 1. The van der Waals surface area contributed by atoms with E-state index in [0.29, 0.717) is 17.4 Å². The summed E-state index contributed by atoms with van der Waals surface area (Å²) in [7, 11) is -2.94. The molecule has 0 aromatic heterocycles. The second-order valence-corrected chi connectivity index (χ2v) is 19.1. The van der Waals surface area contributed by atoms with E-state index in [1.807, 2.05) is 0 Å². The maximum atomic E-state index is 9.80. The van der Waals surface area contributed by atoms with E-state index < -0.39 is 16.4 Å². The minimum atomic E-state index is -1.69. The first kappa shape index (κ1) is 18.1. The van der Waals surface area contributed by atoms with Gasteiger partial charge in [0.1, 0.15) is 0 Å². The second kappa shape index (κ2) is 6.07. The first-order chi connectivity index (χ1) is 8.90. The molecule has 0 aliphatic heterocycles. The molecule has 20 heavy (non-hydrogen) atoms. The van der Waals surface area contributed by atoms with Crippen molar-refractivity contribution in [3.63, 3.8) is 0 Å². The van der Waals surface area contributed by atoms with Crippen LogP contribution in [0.2, 0.25) is 43.3 Å². The lowest BCUT2D eigenvalue weighted by Crippen LogP contribution is -2.43. The van der Waals surface area contributed by atoms with Crippen molar-refractivity contribution in [1.29, 1.82) is 0 Å².